The van der Waals surface area contributed by atoms with Crippen molar-refractivity contribution in [2.45, 2.75) is 20.6 Å². The van der Waals surface area contributed by atoms with Gasteiger partial charge in [-0.25, -0.2) is 4.68 Å². The molecule has 0 saturated heterocycles. The number of fused-ring (bicyclic) bond motifs is 1. The van der Waals surface area contributed by atoms with Gasteiger partial charge in [0.15, 0.2) is 18.2 Å². The molecule has 2 aromatic carbocycles. The van der Waals surface area contributed by atoms with Crippen LogP contribution in [-0.4, -0.2) is 22.5 Å². The Hall–Kier alpha value is -2.90. The van der Waals surface area contributed by atoms with Crippen LogP contribution in [-0.2, 0) is 6.73 Å². The topological polar surface area (TPSA) is 74.6 Å². The molecule has 0 radical (unpaired) electrons. The number of hydrogen-bond acceptors (Lipinski definition) is 5. The van der Waals surface area contributed by atoms with E-state index < -0.39 is 0 Å². The molecule has 0 atom stereocenters. The smallest absolute Gasteiger partial charge is 0.255 e. The Morgan fingerprint density at radius 1 is 1.17 bits per heavy atom. The van der Waals surface area contributed by atoms with Crippen molar-refractivity contribution >= 4 is 34.8 Å². The van der Waals surface area contributed by atoms with E-state index in [4.69, 9.17) is 37.4 Å². The zero-order valence-electron chi connectivity index (χ0n) is 15.7. The summed E-state index contributed by atoms with van der Waals surface area (Å²) in [4.78, 5) is 12.7. The summed E-state index contributed by atoms with van der Waals surface area (Å²) >= 11 is 12.0. The molecule has 0 spiro atoms. The van der Waals surface area contributed by atoms with Crippen LogP contribution in [0, 0.1) is 13.8 Å². The quantitative estimate of drug-likeness (QED) is 0.623. The maximum absolute atomic E-state index is 12.7. The van der Waals surface area contributed by atoms with Crippen molar-refractivity contribution in [3.8, 4) is 17.2 Å². The number of carbonyl (C=O) groups excluding carboxylic acids is 1. The van der Waals surface area contributed by atoms with Crippen LogP contribution in [0.2, 0.25) is 10.0 Å². The molecule has 0 bridgehead atoms. The lowest BCUT2D eigenvalue weighted by Crippen LogP contribution is -2.14. The van der Waals surface area contributed by atoms with E-state index in [2.05, 4.69) is 10.4 Å². The molecule has 1 N–H and O–H groups in total. The lowest BCUT2D eigenvalue weighted by Gasteiger charge is -2.10. The number of nitrogens with one attached hydrogen (secondary N) is 1. The van der Waals surface area contributed by atoms with Gasteiger partial charge < -0.3 is 19.5 Å². The molecule has 1 aromatic heterocycles. The molecule has 2 heterocycles. The average molecular weight is 434 g/mol. The van der Waals surface area contributed by atoms with Crippen molar-refractivity contribution in [3.05, 3.63) is 63.4 Å². The van der Waals surface area contributed by atoms with Crippen LogP contribution in [0.25, 0.3) is 0 Å². The number of benzene rings is 2. The van der Waals surface area contributed by atoms with Gasteiger partial charge in [0.25, 0.3) is 5.91 Å². The molecule has 4 rings (SSSR count). The minimum absolute atomic E-state index is 0.133. The van der Waals surface area contributed by atoms with Crippen LogP contribution in [0.3, 0.4) is 0 Å². The van der Waals surface area contributed by atoms with Crippen LogP contribution in [0.5, 0.6) is 17.2 Å². The van der Waals surface area contributed by atoms with Crippen molar-refractivity contribution in [1.29, 1.82) is 0 Å². The lowest BCUT2D eigenvalue weighted by molar-refractivity contribution is 0.102. The van der Waals surface area contributed by atoms with Gasteiger partial charge in [0, 0.05) is 10.6 Å². The Balaban J connectivity index is 1.49. The summed E-state index contributed by atoms with van der Waals surface area (Å²) in [6.45, 7) is 3.95. The number of aromatic nitrogens is 2. The fourth-order valence-corrected chi connectivity index (χ4v) is 3.41. The summed E-state index contributed by atoms with van der Waals surface area (Å²) in [5.41, 5.74) is 2.51. The normalized spacial score (nSPS) is 12.1. The third-order valence-electron chi connectivity index (χ3n) is 4.49. The molecule has 150 valence electrons. The Bertz CT molecular complexity index is 1100. The molecular weight excluding hydrogens is 417 g/mol. The fraction of sp³-hybridized carbons (Fsp3) is 0.200. The maximum Gasteiger partial charge on any atom is 0.255 e. The Labute approximate surface area is 177 Å². The third-order valence-corrected chi connectivity index (χ3v) is 5.02. The number of carbonyl (C=O) groups is 1. The van der Waals surface area contributed by atoms with E-state index >= 15 is 0 Å². The van der Waals surface area contributed by atoms with Gasteiger partial charge in [-0.05, 0) is 50.2 Å². The van der Waals surface area contributed by atoms with E-state index in [-0.39, 0.29) is 19.4 Å². The van der Waals surface area contributed by atoms with E-state index in [0.29, 0.717) is 44.2 Å². The minimum Gasteiger partial charge on any atom is -0.470 e. The first-order chi connectivity index (χ1) is 13.9. The maximum atomic E-state index is 12.7. The summed E-state index contributed by atoms with van der Waals surface area (Å²) in [6.07, 6.45) is 0. The van der Waals surface area contributed by atoms with Gasteiger partial charge in [-0.3, -0.25) is 4.79 Å². The van der Waals surface area contributed by atoms with Crippen LogP contribution in [0.1, 0.15) is 21.7 Å². The van der Waals surface area contributed by atoms with E-state index in [1.807, 2.05) is 13.8 Å². The zero-order chi connectivity index (χ0) is 20.5. The summed E-state index contributed by atoms with van der Waals surface area (Å²) in [5, 5.41) is 8.29. The first kappa shape index (κ1) is 19.4. The standard InChI is InChI=1S/C20H17Cl2N3O4/c1-11-19(23-20(26)13-3-5-17-18(7-13)29-10-28-17)12(2)25(24-11)9-27-16-6-4-14(21)8-15(16)22/h3-8H,9-10H2,1-2H3,(H,23,26). The second-order valence-corrected chi connectivity index (χ2v) is 7.26. The van der Waals surface area contributed by atoms with Crippen LogP contribution in [0.4, 0.5) is 5.69 Å². The average Bonchev–Trinajstić information content (AvgIpc) is 3.26. The second-order valence-electron chi connectivity index (χ2n) is 6.42. The molecule has 9 heteroatoms. The first-order valence-corrected chi connectivity index (χ1v) is 9.51. The molecule has 0 saturated carbocycles. The number of rotatable bonds is 5. The molecule has 1 aliphatic heterocycles. The highest BCUT2D eigenvalue weighted by Crippen LogP contribution is 2.33. The van der Waals surface area contributed by atoms with Gasteiger partial charge >= 0.3 is 0 Å². The van der Waals surface area contributed by atoms with Crippen molar-refractivity contribution in [1.82, 2.24) is 9.78 Å². The predicted octanol–water partition coefficient (Wildman–Crippen LogP) is 4.82. The van der Waals surface area contributed by atoms with Gasteiger partial charge in [0.1, 0.15) is 5.75 Å². The number of ether oxygens (including phenoxy) is 3. The highest BCUT2D eigenvalue weighted by atomic mass is 35.5. The van der Waals surface area contributed by atoms with Crippen LogP contribution < -0.4 is 19.5 Å². The summed E-state index contributed by atoms with van der Waals surface area (Å²) in [7, 11) is 0. The Morgan fingerprint density at radius 3 is 2.76 bits per heavy atom. The molecule has 1 amide bonds. The van der Waals surface area contributed by atoms with Crippen molar-refractivity contribution in [3.63, 3.8) is 0 Å². The predicted molar refractivity (Wildman–Crippen MR) is 109 cm³/mol. The highest BCUT2D eigenvalue weighted by Gasteiger charge is 2.19. The van der Waals surface area contributed by atoms with Gasteiger partial charge in [0.05, 0.1) is 22.1 Å². The van der Waals surface area contributed by atoms with Crippen molar-refractivity contribution in [2.24, 2.45) is 0 Å². The summed E-state index contributed by atoms with van der Waals surface area (Å²) < 4.78 is 18.0. The van der Waals surface area contributed by atoms with Crippen molar-refractivity contribution in [2.75, 3.05) is 12.1 Å². The number of nitrogens with zero attached hydrogens (tertiary/aromatic N) is 2. The van der Waals surface area contributed by atoms with E-state index in [1.54, 1.807) is 41.1 Å². The van der Waals surface area contributed by atoms with Gasteiger partial charge in [-0.2, -0.15) is 5.10 Å². The zero-order valence-corrected chi connectivity index (χ0v) is 17.2. The van der Waals surface area contributed by atoms with Crippen LogP contribution >= 0.6 is 23.2 Å². The first-order valence-electron chi connectivity index (χ1n) is 8.75. The van der Waals surface area contributed by atoms with Gasteiger partial charge in [-0.1, -0.05) is 23.2 Å². The molecular formula is C20H17Cl2N3O4. The number of halogens is 2. The van der Waals surface area contributed by atoms with Crippen molar-refractivity contribution < 1.29 is 19.0 Å². The fourth-order valence-electron chi connectivity index (χ4n) is 2.95. The molecule has 7 nitrogen and oxygen atoms in total. The SMILES string of the molecule is Cc1nn(COc2ccc(Cl)cc2Cl)c(C)c1NC(=O)c1ccc2c(c1)OCO2. The number of anilines is 1. The number of hydrogen-bond donors (Lipinski definition) is 1. The van der Waals surface area contributed by atoms with Crippen LogP contribution in [0.15, 0.2) is 36.4 Å². The molecule has 3 aromatic rings. The monoisotopic (exact) mass is 433 g/mol. The molecule has 0 fully saturated rings. The summed E-state index contributed by atoms with van der Waals surface area (Å²) in [5.74, 6) is 1.40. The van der Waals surface area contributed by atoms with Gasteiger partial charge in [-0.15, -0.1) is 0 Å². The number of aryl methyl sites for hydroxylation is 1. The highest BCUT2D eigenvalue weighted by molar-refractivity contribution is 6.35. The largest absolute Gasteiger partial charge is 0.470 e. The number of amides is 1. The summed E-state index contributed by atoms with van der Waals surface area (Å²) in [6, 6.07) is 10.0. The lowest BCUT2D eigenvalue weighted by atomic mass is 10.2. The molecule has 0 aliphatic carbocycles. The molecule has 1 aliphatic rings. The van der Waals surface area contributed by atoms with E-state index in [1.165, 1.54) is 0 Å². The third kappa shape index (κ3) is 3.97. The van der Waals surface area contributed by atoms with Gasteiger partial charge in [0.2, 0.25) is 6.79 Å². The molecule has 0 unspecified atom stereocenters. The Kier molecular flexibility index (Phi) is 5.25. The second kappa shape index (κ2) is 7.85. The Morgan fingerprint density at radius 2 is 1.97 bits per heavy atom. The minimum atomic E-state index is -0.268. The van der Waals surface area contributed by atoms with E-state index in [9.17, 15) is 4.79 Å². The molecule has 29 heavy (non-hydrogen) atoms. The van der Waals surface area contributed by atoms with E-state index in [0.717, 1.165) is 5.69 Å².